The summed E-state index contributed by atoms with van der Waals surface area (Å²) < 4.78 is 31.4. The molecule has 0 atom stereocenters. The van der Waals surface area contributed by atoms with Crippen molar-refractivity contribution in [1.82, 2.24) is 0 Å². The van der Waals surface area contributed by atoms with E-state index >= 15 is 0 Å². The molecule has 2 rings (SSSR count). The molecule has 0 aliphatic heterocycles. The van der Waals surface area contributed by atoms with Crippen LogP contribution in [0, 0.1) is 10.9 Å². The maximum absolute atomic E-state index is 13.1. The second kappa shape index (κ2) is 2.96. The molecule has 0 radical (unpaired) electrons. The van der Waals surface area contributed by atoms with Crippen molar-refractivity contribution in [2.75, 3.05) is 7.11 Å². The van der Waals surface area contributed by atoms with E-state index in [2.05, 4.69) is 0 Å². The minimum atomic E-state index is -0.420. The summed E-state index contributed by atoms with van der Waals surface area (Å²) >= 11 is 0.886. The van der Waals surface area contributed by atoms with Crippen molar-refractivity contribution >= 4 is 21.4 Å². The van der Waals surface area contributed by atoms with Crippen LogP contribution in [0.25, 0.3) is 10.1 Å². The summed E-state index contributed by atoms with van der Waals surface area (Å²) in [5.41, 5.74) is 0. The predicted octanol–water partition coefficient (Wildman–Crippen LogP) is 3.19. The van der Waals surface area contributed by atoms with Gasteiger partial charge in [-0.25, -0.2) is 4.39 Å². The molecule has 0 amide bonds. The monoisotopic (exact) mass is 200 g/mol. The van der Waals surface area contributed by atoms with Gasteiger partial charge in [0.05, 0.1) is 11.8 Å². The summed E-state index contributed by atoms with van der Waals surface area (Å²) in [6.45, 7) is 0. The lowest BCUT2D eigenvalue weighted by atomic mass is 10.2. The number of halogens is 2. The lowest BCUT2D eigenvalue weighted by Gasteiger charge is -2.00. The highest BCUT2D eigenvalue weighted by atomic mass is 32.1. The average Bonchev–Trinajstić information content (AvgIpc) is 2.48. The van der Waals surface area contributed by atoms with Gasteiger partial charge in [-0.05, 0) is 18.2 Å². The van der Waals surface area contributed by atoms with Crippen molar-refractivity contribution in [3.05, 3.63) is 29.1 Å². The standard InChI is InChI=1S/C9H6F2OS/c1-12-7-3-2-6(10)5-4-8(11)13-9(5)7/h2-4H,1H3. The lowest BCUT2D eigenvalue weighted by molar-refractivity contribution is 0.420. The van der Waals surface area contributed by atoms with Gasteiger partial charge in [0.2, 0.25) is 0 Å². The SMILES string of the molecule is COc1ccc(F)c2cc(F)sc12. The van der Waals surface area contributed by atoms with Gasteiger partial charge in [0.1, 0.15) is 11.6 Å². The summed E-state index contributed by atoms with van der Waals surface area (Å²) in [7, 11) is 1.48. The van der Waals surface area contributed by atoms with E-state index in [0.717, 1.165) is 11.3 Å². The Morgan fingerprint density at radius 3 is 2.77 bits per heavy atom. The first-order chi connectivity index (χ1) is 6.22. The van der Waals surface area contributed by atoms with Gasteiger partial charge in [-0.3, -0.25) is 0 Å². The molecule has 68 valence electrons. The molecule has 1 aromatic heterocycles. The molecule has 0 saturated carbocycles. The third kappa shape index (κ3) is 1.27. The van der Waals surface area contributed by atoms with E-state index in [0.29, 0.717) is 10.4 Å². The predicted molar refractivity (Wildman–Crippen MR) is 48.3 cm³/mol. The molecule has 0 aliphatic carbocycles. The summed E-state index contributed by atoms with van der Waals surface area (Å²) in [6, 6.07) is 3.94. The van der Waals surface area contributed by atoms with Crippen LogP contribution in [0.1, 0.15) is 0 Å². The Labute approximate surface area is 77.6 Å². The molecule has 0 saturated heterocycles. The fraction of sp³-hybridized carbons (Fsp3) is 0.111. The molecule has 13 heavy (non-hydrogen) atoms. The molecule has 0 fully saturated rings. The van der Waals surface area contributed by atoms with Crippen LogP contribution in [-0.2, 0) is 0 Å². The third-order valence-corrected chi connectivity index (χ3v) is 2.72. The normalized spacial score (nSPS) is 10.7. The number of ether oxygens (including phenoxy) is 1. The minimum absolute atomic E-state index is 0.279. The van der Waals surface area contributed by atoms with Gasteiger partial charge in [0.25, 0.3) is 0 Å². The van der Waals surface area contributed by atoms with Gasteiger partial charge in [-0.1, -0.05) is 0 Å². The Morgan fingerprint density at radius 2 is 2.08 bits per heavy atom. The van der Waals surface area contributed by atoms with Gasteiger partial charge in [0, 0.05) is 5.39 Å². The Kier molecular flexibility index (Phi) is 1.92. The van der Waals surface area contributed by atoms with E-state index in [4.69, 9.17) is 4.74 Å². The molecule has 1 heterocycles. The zero-order chi connectivity index (χ0) is 9.42. The van der Waals surface area contributed by atoms with E-state index in [-0.39, 0.29) is 5.39 Å². The minimum Gasteiger partial charge on any atom is -0.495 e. The van der Waals surface area contributed by atoms with Crippen LogP contribution in [0.2, 0.25) is 0 Å². The summed E-state index contributed by atoms with van der Waals surface area (Å²) in [5.74, 6) is 0.0845. The number of methoxy groups -OCH3 is 1. The van der Waals surface area contributed by atoms with Crippen LogP contribution in [0.4, 0.5) is 8.78 Å². The van der Waals surface area contributed by atoms with Crippen LogP contribution in [-0.4, -0.2) is 7.11 Å². The van der Waals surface area contributed by atoms with E-state index in [1.807, 2.05) is 0 Å². The summed E-state index contributed by atoms with van der Waals surface area (Å²) in [4.78, 5) is 0. The van der Waals surface area contributed by atoms with E-state index in [1.165, 1.54) is 25.3 Å². The smallest absolute Gasteiger partial charge is 0.177 e. The van der Waals surface area contributed by atoms with Crippen molar-refractivity contribution in [2.24, 2.45) is 0 Å². The van der Waals surface area contributed by atoms with E-state index in [9.17, 15) is 8.78 Å². The first-order valence-electron chi connectivity index (χ1n) is 3.64. The Balaban J connectivity index is 2.83. The van der Waals surface area contributed by atoms with Crippen molar-refractivity contribution in [2.45, 2.75) is 0 Å². The fourth-order valence-corrected chi connectivity index (χ4v) is 2.09. The van der Waals surface area contributed by atoms with E-state index < -0.39 is 10.9 Å². The van der Waals surface area contributed by atoms with Crippen molar-refractivity contribution < 1.29 is 13.5 Å². The summed E-state index contributed by atoms with van der Waals surface area (Å²) in [6.07, 6.45) is 0. The second-order valence-corrected chi connectivity index (χ2v) is 3.55. The number of fused-ring (bicyclic) bond motifs is 1. The molecule has 0 N–H and O–H groups in total. The Morgan fingerprint density at radius 1 is 1.31 bits per heavy atom. The Bertz CT molecular complexity index is 450. The molecule has 1 nitrogen and oxygen atoms in total. The van der Waals surface area contributed by atoms with Gasteiger partial charge in [-0.2, -0.15) is 4.39 Å². The lowest BCUT2D eigenvalue weighted by Crippen LogP contribution is -1.83. The van der Waals surface area contributed by atoms with Crippen LogP contribution < -0.4 is 4.74 Å². The highest BCUT2D eigenvalue weighted by Crippen LogP contribution is 2.34. The van der Waals surface area contributed by atoms with Gasteiger partial charge >= 0.3 is 0 Å². The quantitative estimate of drug-likeness (QED) is 0.687. The molecule has 0 aliphatic rings. The molecule has 1 aromatic carbocycles. The van der Waals surface area contributed by atoms with Crippen LogP contribution in [0.3, 0.4) is 0 Å². The zero-order valence-corrected chi connectivity index (χ0v) is 7.62. The molecule has 0 bridgehead atoms. The van der Waals surface area contributed by atoms with Crippen molar-refractivity contribution in [1.29, 1.82) is 0 Å². The molecular formula is C9H6F2OS. The van der Waals surface area contributed by atoms with Gasteiger partial charge < -0.3 is 4.74 Å². The average molecular weight is 200 g/mol. The fourth-order valence-electron chi connectivity index (χ4n) is 1.20. The zero-order valence-electron chi connectivity index (χ0n) is 6.80. The number of rotatable bonds is 1. The van der Waals surface area contributed by atoms with Gasteiger partial charge in [-0.15, -0.1) is 11.3 Å². The van der Waals surface area contributed by atoms with Crippen molar-refractivity contribution in [3.63, 3.8) is 0 Å². The van der Waals surface area contributed by atoms with Crippen LogP contribution >= 0.6 is 11.3 Å². The topological polar surface area (TPSA) is 9.23 Å². The molecule has 0 unspecified atom stereocenters. The molecule has 2 aromatic rings. The molecule has 4 heteroatoms. The first kappa shape index (κ1) is 8.44. The number of thiophene rings is 1. The first-order valence-corrected chi connectivity index (χ1v) is 4.45. The number of benzene rings is 1. The highest BCUT2D eigenvalue weighted by Gasteiger charge is 2.10. The van der Waals surface area contributed by atoms with Gasteiger partial charge in [0.15, 0.2) is 5.13 Å². The maximum Gasteiger partial charge on any atom is 0.177 e. The van der Waals surface area contributed by atoms with E-state index in [1.54, 1.807) is 0 Å². The van der Waals surface area contributed by atoms with Crippen LogP contribution in [0.5, 0.6) is 5.75 Å². The van der Waals surface area contributed by atoms with Crippen molar-refractivity contribution in [3.8, 4) is 5.75 Å². The number of hydrogen-bond donors (Lipinski definition) is 0. The Hall–Kier alpha value is -1.16. The van der Waals surface area contributed by atoms with Crippen LogP contribution in [0.15, 0.2) is 18.2 Å². The largest absolute Gasteiger partial charge is 0.495 e. The maximum atomic E-state index is 13.1. The molecular weight excluding hydrogens is 194 g/mol. The number of hydrogen-bond acceptors (Lipinski definition) is 2. The third-order valence-electron chi connectivity index (χ3n) is 1.78. The summed E-state index contributed by atoms with van der Waals surface area (Å²) in [5, 5.41) is -0.125. The molecule has 0 spiro atoms. The highest BCUT2D eigenvalue weighted by molar-refractivity contribution is 7.17. The second-order valence-electron chi connectivity index (χ2n) is 2.54.